The van der Waals surface area contributed by atoms with E-state index in [0.29, 0.717) is 18.2 Å². The Balaban J connectivity index is 2.09. The van der Waals surface area contributed by atoms with E-state index in [1.165, 1.54) is 25.7 Å². The van der Waals surface area contributed by atoms with E-state index < -0.39 is 0 Å². The number of nitrogens with two attached hydrogens (primary N) is 1. The summed E-state index contributed by atoms with van der Waals surface area (Å²) in [5.41, 5.74) is 7.99. The molecule has 0 saturated heterocycles. The van der Waals surface area contributed by atoms with Crippen LogP contribution < -0.4 is 11.1 Å². The van der Waals surface area contributed by atoms with Crippen molar-refractivity contribution in [1.29, 1.82) is 0 Å². The Labute approximate surface area is 127 Å². The minimum Gasteiger partial charge on any atom is -0.349 e. The summed E-state index contributed by atoms with van der Waals surface area (Å²) in [5.74, 6) is 5.85. The van der Waals surface area contributed by atoms with Crippen molar-refractivity contribution in [3.05, 3.63) is 34.9 Å². The Morgan fingerprint density at radius 1 is 1.24 bits per heavy atom. The molecule has 3 heteroatoms. The van der Waals surface area contributed by atoms with Crippen LogP contribution in [0.4, 0.5) is 0 Å². The molecule has 0 aromatic heterocycles. The predicted molar refractivity (Wildman–Crippen MR) is 86.1 cm³/mol. The lowest BCUT2D eigenvalue weighted by atomic mass is 10.0. The number of hydrogen-bond donors (Lipinski definition) is 2. The minimum absolute atomic E-state index is 0.0152. The van der Waals surface area contributed by atoms with Crippen molar-refractivity contribution in [3.63, 3.8) is 0 Å². The standard InChI is InChI=1S/C18H24N2O/c1-14-11-15(7-6-10-19)13-16(12-14)18(21)20-17-8-4-2-3-5-9-17/h11-13,17H,2-5,8-10,19H2,1H3,(H,20,21). The second-order valence-corrected chi connectivity index (χ2v) is 5.76. The molecule has 0 bridgehead atoms. The maximum Gasteiger partial charge on any atom is 0.251 e. The molecule has 0 atom stereocenters. The van der Waals surface area contributed by atoms with Crippen LogP contribution in [0.15, 0.2) is 18.2 Å². The summed E-state index contributed by atoms with van der Waals surface area (Å²) < 4.78 is 0. The zero-order valence-electron chi connectivity index (χ0n) is 12.7. The molecule has 0 unspecified atom stereocenters. The molecule has 112 valence electrons. The van der Waals surface area contributed by atoms with E-state index in [1.54, 1.807) is 0 Å². The van der Waals surface area contributed by atoms with Crippen LogP contribution in [-0.2, 0) is 0 Å². The fourth-order valence-corrected chi connectivity index (χ4v) is 2.83. The van der Waals surface area contributed by atoms with Crippen LogP contribution in [-0.4, -0.2) is 18.5 Å². The van der Waals surface area contributed by atoms with Crippen molar-refractivity contribution in [1.82, 2.24) is 5.32 Å². The van der Waals surface area contributed by atoms with E-state index in [-0.39, 0.29) is 5.91 Å². The number of benzene rings is 1. The smallest absolute Gasteiger partial charge is 0.251 e. The van der Waals surface area contributed by atoms with Crippen molar-refractivity contribution < 1.29 is 4.79 Å². The van der Waals surface area contributed by atoms with Gasteiger partial charge in [0.05, 0.1) is 6.54 Å². The first-order valence-corrected chi connectivity index (χ1v) is 7.80. The third-order valence-electron chi connectivity index (χ3n) is 3.86. The van der Waals surface area contributed by atoms with Gasteiger partial charge < -0.3 is 11.1 Å². The summed E-state index contributed by atoms with van der Waals surface area (Å²) in [4.78, 5) is 12.4. The highest BCUT2D eigenvalue weighted by Gasteiger charge is 2.16. The van der Waals surface area contributed by atoms with Crippen molar-refractivity contribution in [2.75, 3.05) is 6.54 Å². The van der Waals surface area contributed by atoms with E-state index >= 15 is 0 Å². The highest BCUT2D eigenvalue weighted by Crippen LogP contribution is 2.18. The maximum absolute atomic E-state index is 12.4. The van der Waals surface area contributed by atoms with Gasteiger partial charge in [-0.25, -0.2) is 0 Å². The number of amides is 1. The Hall–Kier alpha value is -1.79. The van der Waals surface area contributed by atoms with Gasteiger partial charge in [-0.05, 0) is 43.5 Å². The Bertz CT molecular complexity index is 546. The quantitative estimate of drug-likeness (QED) is 0.648. The number of hydrogen-bond acceptors (Lipinski definition) is 2. The van der Waals surface area contributed by atoms with Gasteiger partial charge in [0.25, 0.3) is 5.91 Å². The van der Waals surface area contributed by atoms with Crippen LogP contribution in [0.5, 0.6) is 0 Å². The molecule has 0 radical (unpaired) electrons. The normalized spacial score (nSPS) is 15.7. The maximum atomic E-state index is 12.4. The highest BCUT2D eigenvalue weighted by molar-refractivity contribution is 5.95. The molecule has 1 amide bonds. The van der Waals surface area contributed by atoms with Gasteiger partial charge in [0, 0.05) is 17.2 Å². The molecule has 1 aromatic rings. The molecule has 0 spiro atoms. The van der Waals surface area contributed by atoms with E-state index in [4.69, 9.17) is 5.73 Å². The van der Waals surface area contributed by atoms with Gasteiger partial charge in [0.15, 0.2) is 0 Å². The zero-order chi connectivity index (χ0) is 15.1. The first-order valence-electron chi connectivity index (χ1n) is 7.80. The SMILES string of the molecule is Cc1cc(C#CCN)cc(C(=O)NC2CCCCCC2)c1. The van der Waals surface area contributed by atoms with Crippen molar-refractivity contribution in [2.24, 2.45) is 5.73 Å². The predicted octanol–water partition coefficient (Wildman–Crippen LogP) is 2.76. The molecular formula is C18H24N2O. The van der Waals surface area contributed by atoms with E-state index in [1.807, 2.05) is 25.1 Å². The van der Waals surface area contributed by atoms with Gasteiger partial charge in [0.2, 0.25) is 0 Å². The average molecular weight is 284 g/mol. The van der Waals surface area contributed by atoms with E-state index in [0.717, 1.165) is 24.0 Å². The third kappa shape index (κ3) is 4.91. The highest BCUT2D eigenvalue weighted by atomic mass is 16.1. The van der Waals surface area contributed by atoms with Crippen molar-refractivity contribution in [2.45, 2.75) is 51.5 Å². The molecule has 3 nitrogen and oxygen atoms in total. The summed E-state index contributed by atoms with van der Waals surface area (Å²) in [6.45, 7) is 2.31. The number of aryl methyl sites for hydroxylation is 1. The van der Waals surface area contributed by atoms with Gasteiger partial charge >= 0.3 is 0 Å². The second kappa shape index (κ2) is 7.85. The average Bonchev–Trinajstić information content (AvgIpc) is 2.73. The first kappa shape index (κ1) is 15.6. The number of carbonyl (C=O) groups excluding carboxylic acids is 1. The van der Waals surface area contributed by atoms with Gasteiger partial charge in [-0.1, -0.05) is 37.5 Å². The molecule has 21 heavy (non-hydrogen) atoms. The van der Waals surface area contributed by atoms with Crippen LogP contribution in [0.1, 0.15) is 60.0 Å². The summed E-state index contributed by atoms with van der Waals surface area (Å²) in [6, 6.07) is 6.06. The molecule has 1 saturated carbocycles. The van der Waals surface area contributed by atoms with Crippen LogP contribution in [0.3, 0.4) is 0 Å². The van der Waals surface area contributed by atoms with Crippen LogP contribution in [0.25, 0.3) is 0 Å². The third-order valence-corrected chi connectivity index (χ3v) is 3.86. The summed E-state index contributed by atoms with van der Waals surface area (Å²) in [5, 5.41) is 3.17. The molecule has 1 aliphatic rings. The molecule has 2 rings (SSSR count). The summed E-state index contributed by atoms with van der Waals surface area (Å²) >= 11 is 0. The first-order chi connectivity index (χ1) is 10.2. The fourth-order valence-electron chi connectivity index (χ4n) is 2.83. The lowest BCUT2D eigenvalue weighted by molar-refractivity contribution is 0.0933. The molecule has 0 aliphatic heterocycles. The van der Waals surface area contributed by atoms with Gasteiger partial charge in [-0.15, -0.1) is 0 Å². The monoisotopic (exact) mass is 284 g/mol. The number of rotatable bonds is 2. The van der Waals surface area contributed by atoms with E-state index in [9.17, 15) is 4.79 Å². The van der Waals surface area contributed by atoms with E-state index in [2.05, 4.69) is 17.2 Å². The van der Waals surface area contributed by atoms with Crippen LogP contribution >= 0.6 is 0 Å². The minimum atomic E-state index is 0.0152. The number of nitrogens with one attached hydrogen (secondary N) is 1. The lowest BCUT2D eigenvalue weighted by Gasteiger charge is -2.16. The molecular weight excluding hydrogens is 260 g/mol. The molecule has 1 fully saturated rings. The second-order valence-electron chi connectivity index (χ2n) is 5.76. The lowest BCUT2D eigenvalue weighted by Crippen LogP contribution is -2.34. The molecule has 1 aromatic carbocycles. The molecule has 1 aliphatic carbocycles. The van der Waals surface area contributed by atoms with Gasteiger partial charge in [-0.3, -0.25) is 4.79 Å². The largest absolute Gasteiger partial charge is 0.349 e. The van der Waals surface area contributed by atoms with Crippen LogP contribution in [0.2, 0.25) is 0 Å². The van der Waals surface area contributed by atoms with Crippen LogP contribution in [0, 0.1) is 18.8 Å². The summed E-state index contributed by atoms with van der Waals surface area (Å²) in [7, 11) is 0. The van der Waals surface area contributed by atoms with Gasteiger partial charge in [-0.2, -0.15) is 0 Å². The Kier molecular flexibility index (Phi) is 5.83. The zero-order valence-corrected chi connectivity index (χ0v) is 12.7. The molecule has 0 heterocycles. The number of carbonyl (C=O) groups is 1. The van der Waals surface area contributed by atoms with Crippen molar-refractivity contribution >= 4 is 5.91 Å². The fraction of sp³-hybridized carbons (Fsp3) is 0.500. The Morgan fingerprint density at radius 2 is 1.95 bits per heavy atom. The molecule has 3 N–H and O–H groups in total. The van der Waals surface area contributed by atoms with Gasteiger partial charge in [0.1, 0.15) is 0 Å². The Morgan fingerprint density at radius 3 is 2.62 bits per heavy atom. The topological polar surface area (TPSA) is 55.1 Å². The van der Waals surface area contributed by atoms with Crippen molar-refractivity contribution in [3.8, 4) is 11.8 Å². The summed E-state index contributed by atoms with van der Waals surface area (Å²) in [6.07, 6.45) is 7.19.